The lowest BCUT2D eigenvalue weighted by Crippen LogP contribution is -2.21. The first-order chi connectivity index (χ1) is 16.1. The second-order valence-corrected chi connectivity index (χ2v) is 8.80. The van der Waals surface area contributed by atoms with E-state index >= 15 is 0 Å². The van der Waals surface area contributed by atoms with Gasteiger partial charge in [-0.15, -0.1) is 11.3 Å². The fourth-order valence-corrected chi connectivity index (χ4v) is 5.27. The smallest absolute Gasteiger partial charge is 0.341 e. The van der Waals surface area contributed by atoms with E-state index in [2.05, 4.69) is 5.32 Å². The predicted molar refractivity (Wildman–Crippen MR) is 129 cm³/mol. The Morgan fingerprint density at radius 1 is 1.03 bits per heavy atom. The third-order valence-electron chi connectivity index (χ3n) is 5.47. The summed E-state index contributed by atoms with van der Waals surface area (Å²) >= 11 is 1.40. The molecule has 1 N–H and O–H groups in total. The molecule has 0 saturated heterocycles. The number of aryl methyl sites for hydroxylation is 1. The van der Waals surface area contributed by atoms with E-state index in [4.69, 9.17) is 9.47 Å². The van der Waals surface area contributed by atoms with Crippen LogP contribution in [-0.4, -0.2) is 31.1 Å². The van der Waals surface area contributed by atoms with Crippen LogP contribution in [0.5, 0.6) is 0 Å². The molecule has 0 radical (unpaired) electrons. The molecule has 0 saturated carbocycles. The minimum Gasteiger partial charge on any atom is -0.462 e. The molecule has 7 heteroatoms. The van der Waals surface area contributed by atoms with Gasteiger partial charge < -0.3 is 14.8 Å². The molecule has 6 nitrogen and oxygen atoms in total. The van der Waals surface area contributed by atoms with Gasteiger partial charge in [-0.1, -0.05) is 42.5 Å². The fourth-order valence-electron chi connectivity index (χ4n) is 3.97. The number of anilines is 1. The number of fused-ring (bicyclic) bond motifs is 2. The molecule has 1 aliphatic carbocycles. The van der Waals surface area contributed by atoms with Crippen molar-refractivity contribution >= 4 is 51.0 Å². The quantitative estimate of drug-likeness (QED) is 0.387. The first kappa shape index (κ1) is 22.7. The van der Waals surface area contributed by atoms with Crippen molar-refractivity contribution in [2.24, 2.45) is 0 Å². The number of esters is 2. The van der Waals surface area contributed by atoms with Gasteiger partial charge in [0.05, 0.1) is 12.2 Å². The number of carbonyl (C=O) groups excluding carboxylic acids is 3. The zero-order valence-corrected chi connectivity index (χ0v) is 19.2. The zero-order chi connectivity index (χ0) is 23.2. The zero-order valence-electron chi connectivity index (χ0n) is 18.4. The van der Waals surface area contributed by atoms with Crippen LogP contribution in [0.25, 0.3) is 16.8 Å². The van der Waals surface area contributed by atoms with Crippen molar-refractivity contribution in [2.45, 2.75) is 32.6 Å². The van der Waals surface area contributed by atoms with E-state index in [1.165, 1.54) is 17.4 Å². The molecular weight excluding hydrogens is 438 g/mol. The Kier molecular flexibility index (Phi) is 7.19. The Morgan fingerprint density at radius 3 is 2.67 bits per heavy atom. The van der Waals surface area contributed by atoms with Crippen molar-refractivity contribution < 1.29 is 23.9 Å². The van der Waals surface area contributed by atoms with Gasteiger partial charge in [-0.2, -0.15) is 0 Å². The van der Waals surface area contributed by atoms with Crippen LogP contribution < -0.4 is 5.32 Å². The molecule has 0 spiro atoms. The standard InChI is InChI=1S/C26H25NO5S/c1-2-31-26(30)24-20-12-5-6-13-21(20)33-25(24)27-22(28)16-32-23(29)15-14-18-10-7-9-17-8-3-4-11-19(17)18/h3-4,7-11,14-15H,2,5-6,12-13,16H2,1H3,(H,27,28). The summed E-state index contributed by atoms with van der Waals surface area (Å²) in [5.41, 5.74) is 2.29. The number of ether oxygens (including phenoxy) is 2. The van der Waals surface area contributed by atoms with E-state index in [0.29, 0.717) is 10.6 Å². The van der Waals surface area contributed by atoms with Gasteiger partial charge in [0.25, 0.3) is 5.91 Å². The minimum absolute atomic E-state index is 0.261. The van der Waals surface area contributed by atoms with Crippen LogP contribution in [0.2, 0.25) is 0 Å². The summed E-state index contributed by atoms with van der Waals surface area (Å²) in [4.78, 5) is 38.2. The highest BCUT2D eigenvalue weighted by Crippen LogP contribution is 2.38. The number of carbonyl (C=O) groups is 3. The van der Waals surface area contributed by atoms with Crippen molar-refractivity contribution in [3.63, 3.8) is 0 Å². The van der Waals surface area contributed by atoms with Crippen LogP contribution in [0, 0.1) is 0 Å². The molecule has 0 atom stereocenters. The largest absolute Gasteiger partial charge is 0.462 e. The van der Waals surface area contributed by atoms with Gasteiger partial charge >= 0.3 is 11.9 Å². The van der Waals surface area contributed by atoms with Gasteiger partial charge in [0.15, 0.2) is 6.61 Å². The average Bonchev–Trinajstić information content (AvgIpc) is 3.19. The maximum Gasteiger partial charge on any atom is 0.341 e. The third-order valence-corrected chi connectivity index (χ3v) is 6.68. The molecule has 1 aromatic heterocycles. The summed E-state index contributed by atoms with van der Waals surface area (Å²) in [6.45, 7) is 1.57. The highest BCUT2D eigenvalue weighted by atomic mass is 32.1. The molecule has 3 aromatic rings. The Hall–Kier alpha value is -3.45. The lowest BCUT2D eigenvalue weighted by atomic mass is 9.95. The number of thiophene rings is 1. The van der Waals surface area contributed by atoms with Crippen LogP contribution in [0.1, 0.15) is 46.1 Å². The highest BCUT2D eigenvalue weighted by Gasteiger charge is 2.27. The van der Waals surface area contributed by atoms with E-state index < -0.39 is 24.5 Å². The maximum absolute atomic E-state index is 12.5. The van der Waals surface area contributed by atoms with Crippen molar-refractivity contribution in [3.05, 3.63) is 70.1 Å². The van der Waals surface area contributed by atoms with Crippen molar-refractivity contribution in [1.29, 1.82) is 0 Å². The number of benzene rings is 2. The van der Waals surface area contributed by atoms with Gasteiger partial charge in [-0.25, -0.2) is 9.59 Å². The van der Waals surface area contributed by atoms with Crippen LogP contribution >= 0.6 is 11.3 Å². The number of amides is 1. The topological polar surface area (TPSA) is 81.7 Å². The molecule has 1 amide bonds. The number of nitrogens with one attached hydrogen (secondary N) is 1. The van der Waals surface area contributed by atoms with E-state index in [1.807, 2.05) is 42.5 Å². The van der Waals surface area contributed by atoms with Crippen LogP contribution in [0.15, 0.2) is 48.5 Å². The van der Waals surface area contributed by atoms with Crippen LogP contribution in [-0.2, 0) is 31.9 Å². The minimum atomic E-state index is -0.617. The van der Waals surface area contributed by atoms with E-state index in [0.717, 1.165) is 52.5 Å². The normalized spacial score (nSPS) is 13.0. The molecule has 1 aliphatic rings. The van der Waals surface area contributed by atoms with Crippen molar-refractivity contribution in [1.82, 2.24) is 0 Å². The lowest BCUT2D eigenvalue weighted by molar-refractivity contribution is -0.142. The van der Waals surface area contributed by atoms with E-state index in [9.17, 15) is 14.4 Å². The second kappa shape index (κ2) is 10.4. The summed E-state index contributed by atoms with van der Waals surface area (Å²) < 4.78 is 10.3. The van der Waals surface area contributed by atoms with Gasteiger partial charge in [0.1, 0.15) is 5.00 Å². The Bertz CT molecular complexity index is 1220. The fraction of sp³-hybridized carbons (Fsp3) is 0.269. The van der Waals surface area contributed by atoms with Crippen LogP contribution in [0.4, 0.5) is 5.00 Å². The second-order valence-electron chi connectivity index (χ2n) is 7.69. The summed E-state index contributed by atoms with van der Waals surface area (Å²) in [6.07, 6.45) is 6.73. The molecule has 4 rings (SSSR count). The van der Waals surface area contributed by atoms with Crippen molar-refractivity contribution in [2.75, 3.05) is 18.5 Å². The number of rotatable bonds is 7. The predicted octanol–water partition coefficient (Wildman–Crippen LogP) is 5.15. The molecule has 1 heterocycles. The van der Waals surface area contributed by atoms with Crippen LogP contribution in [0.3, 0.4) is 0 Å². The van der Waals surface area contributed by atoms with Gasteiger partial charge in [0.2, 0.25) is 0 Å². The summed E-state index contributed by atoms with van der Waals surface area (Å²) in [5.74, 6) is -1.54. The summed E-state index contributed by atoms with van der Waals surface area (Å²) in [5, 5.41) is 5.30. The van der Waals surface area contributed by atoms with Gasteiger partial charge in [0, 0.05) is 11.0 Å². The van der Waals surface area contributed by atoms with E-state index in [1.54, 1.807) is 13.0 Å². The highest BCUT2D eigenvalue weighted by molar-refractivity contribution is 7.17. The molecule has 2 aromatic carbocycles. The SMILES string of the molecule is CCOC(=O)c1c(NC(=O)COC(=O)C=Cc2cccc3ccccc23)sc2c1CCCC2. The average molecular weight is 464 g/mol. The Labute approximate surface area is 196 Å². The molecule has 0 fully saturated rings. The first-order valence-electron chi connectivity index (χ1n) is 11.0. The molecule has 33 heavy (non-hydrogen) atoms. The number of hydrogen-bond donors (Lipinski definition) is 1. The van der Waals surface area contributed by atoms with Crippen molar-refractivity contribution in [3.8, 4) is 0 Å². The third kappa shape index (κ3) is 5.31. The molecular formula is C26H25NO5S. The maximum atomic E-state index is 12.5. The summed E-state index contributed by atoms with van der Waals surface area (Å²) in [7, 11) is 0. The van der Waals surface area contributed by atoms with Gasteiger partial charge in [-0.3, -0.25) is 4.79 Å². The Morgan fingerprint density at radius 2 is 1.82 bits per heavy atom. The molecule has 170 valence electrons. The number of hydrogen-bond acceptors (Lipinski definition) is 6. The lowest BCUT2D eigenvalue weighted by Gasteiger charge is -2.12. The molecule has 0 bridgehead atoms. The monoisotopic (exact) mass is 463 g/mol. The summed E-state index contributed by atoms with van der Waals surface area (Å²) in [6, 6.07) is 13.7. The van der Waals surface area contributed by atoms with Gasteiger partial charge in [-0.05, 0) is 60.6 Å². The first-order valence-corrected chi connectivity index (χ1v) is 11.8. The molecule has 0 unspecified atom stereocenters. The Balaban J connectivity index is 1.39. The molecule has 0 aliphatic heterocycles. The van der Waals surface area contributed by atoms with E-state index in [-0.39, 0.29) is 6.61 Å².